The highest BCUT2D eigenvalue weighted by Gasteiger charge is 2.26. The third-order valence-electron chi connectivity index (χ3n) is 3.08. The Kier molecular flexibility index (Phi) is 3.91. The van der Waals surface area contributed by atoms with Crippen LogP contribution >= 0.6 is 0 Å². The fourth-order valence-electron chi connectivity index (χ4n) is 2.20. The highest BCUT2D eigenvalue weighted by molar-refractivity contribution is 7.90. The number of H-pyrrole nitrogens is 1. The number of nitrogens with zero attached hydrogens (tertiary/aromatic N) is 2. The van der Waals surface area contributed by atoms with Crippen molar-refractivity contribution in [3.8, 4) is 23.3 Å². The number of nitrogens with one attached hydrogen (secondary N) is 1. The average Bonchev–Trinajstić information content (AvgIpc) is 2.45. The van der Waals surface area contributed by atoms with Crippen molar-refractivity contribution in [2.75, 3.05) is 12.0 Å². The lowest BCUT2D eigenvalue weighted by Crippen LogP contribution is -2.17. The SMILES string of the molecule is CS(=O)(=O)c1c(F)cccc1-c1c(C#N)c(N)[nH]c(=O)c1C#N. The highest BCUT2D eigenvalue weighted by atomic mass is 32.2. The second-order valence-electron chi connectivity index (χ2n) is 4.61. The van der Waals surface area contributed by atoms with Crippen LogP contribution in [0.2, 0.25) is 0 Å². The first-order chi connectivity index (χ1) is 10.7. The smallest absolute Gasteiger partial charge is 0.268 e. The van der Waals surface area contributed by atoms with Gasteiger partial charge in [0.1, 0.15) is 39.8 Å². The summed E-state index contributed by atoms with van der Waals surface area (Å²) in [7, 11) is -4.03. The second kappa shape index (κ2) is 5.55. The van der Waals surface area contributed by atoms with E-state index in [1.807, 2.05) is 0 Å². The molecule has 0 spiro atoms. The number of nitrogens with two attached hydrogens (primary N) is 1. The van der Waals surface area contributed by atoms with Gasteiger partial charge in [0.25, 0.3) is 5.56 Å². The third kappa shape index (κ3) is 2.65. The minimum Gasteiger partial charge on any atom is -0.384 e. The summed E-state index contributed by atoms with van der Waals surface area (Å²) in [6.45, 7) is 0. The van der Waals surface area contributed by atoms with Crippen LogP contribution in [0.15, 0.2) is 27.9 Å². The Morgan fingerprint density at radius 1 is 1.22 bits per heavy atom. The Balaban J connectivity index is 3.14. The van der Waals surface area contributed by atoms with Crippen LogP contribution in [0, 0.1) is 28.5 Å². The van der Waals surface area contributed by atoms with Crippen molar-refractivity contribution in [3.05, 3.63) is 45.5 Å². The molecule has 0 aliphatic rings. The fraction of sp³-hybridized carbons (Fsp3) is 0.0714. The number of anilines is 1. The molecule has 1 heterocycles. The monoisotopic (exact) mass is 332 g/mol. The maximum Gasteiger partial charge on any atom is 0.268 e. The molecular weight excluding hydrogens is 323 g/mol. The van der Waals surface area contributed by atoms with E-state index in [1.54, 1.807) is 12.1 Å². The van der Waals surface area contributed by atoms with E-state index in [-0.39, 0.29) is 22.5 Å². The van der Waals surface area contributed by atoms with Gasteiger partial charge in [-0.15, -0.1) is 0 Å². The van der Waals surface area contributed by atoms with Crippen LogP contribution in [-0.4, -0.2) is 19.7 Å². The van der Waals surface area contributed by atoms with Crippen LogP contribution in [0.4, 0.5) is 10.2 Å². The van der Waals surface area contributed by atoms with E-state index in [2.05, 4.69) is 4.98 Å². The van der Waals surface area contributed by atoms with E-state index in [1.165, 1.54) is 12.1 Å². The zero-order chi connectivity index (χ0) is 17.4. The molecule has 9 heteroatoms. The number of aromatic nitrogens is 1. The van der Waals surface area contributed by atoms with Gasteiger partial charge < -0.3 is 10.7 Å². The van der Waals surface area contributed by atoms with Crippen LogP contribution in [0.5, 0.6) is 0 Å². The Labute approximate surface area is 130 Å². The quantitative estimate of drug-likeness (QED) is 0.837. The van der Waals surface area contributed by atoms with E-state index >= 15 is 0 Å². The standard InChI is InChI=1S/C14H9FN4O3S/c1-23(21,22)12-7(3-2-4-10(12)15)11-8(5-16)13(18)19-14(20)9(11)6-17/h2-4H,1H3,(H3,18,19,20). The number of rotatable bonds is 2. The first kappa shape index (κ1) is 16.2. The topological polar surface area (TPSA) is 141 Å². The molecule has 1 aromatic heterocycles. The van der Waals surface area contributed by atoms with E-state index in [9.17, 15) is 28.1 Å². The van der Waals surface area contributed by atoms with Gasteiger partial charge in [-0.1, -0.05) is 12.1 Å². The summed E-state index contributed by atoms with van der Waals surface area (Å²) < 4.78 is 37.8. The first-order valence-electron chi connectivity index (χ1n) is 6.07. The third-order valence-corrected chi connectivity index (χ3v) is 4.23. The van der Waals surface area contributed by atoms with Gasteiger partial charge in [-0.2, -0.15) is 10.5 Å². The van der Waals surface area contributed by atoms with E-state index < -0.39 is 31.7 Å². The molecule has 1 aromatic carbocycles. The Bertz CT molecular complexity index is 1060. The van der Waals surface area contributed by atoms with Crippen LogP contribution in [0.25, 0.3) is 11.1 Å². The van der Waals surface area contributed by atoms with Crippen molar-refractivity contribution in [2.24, 2.45) is 0 Å². The highest BCUT2D eigenvalue weighted by Crippen LogP contribution is 2.34. The molecule has 116 valence electrons. The van der Waals surface area contributed by atoms with Crippen molar-refractivity contribution >= 4 is 15.7 Å². The molecule has 0 atom stereocenters. The summed E-state index contributed by atoms with van der Waals surface area (Å²) in [6, 6.07) is 6.63. The van der Waals surface area contributed by atoms with Gasteiger partial charge in [-0.25, -0.2) is 12.8 Å². The molecule has 0 radical (unpaired) electrons. The summed E-state index contributed by atoms with van der Waals surface area (Å²) in [5.74, 6) is -1.40. The Hall–Kier alpha value is -3.17. The molecule has 0 aliphatic heterocycles. The van der Waals surface area contributed by atoms with E-state index in [0.29, 0.717) is 0 Å². The molecule has 0 bridgehead atoms. The van der Waals surface area contributed by atoms with Gasteiger partial charge in [0, 0.05) is 17.4 Å². The van der Waals surface area contributed by atoms with Crippen molar-refractivity contribution in [2.45, 2.75) is 4.90 Å². The van der Waals surface area contributed by atoms with E-state index in [4.69, 9.17) is 5.73 Å². The number of aromatic amines is 1. The van der Waals surface area contributed by atoms with Crippen molar-refractivity contribution in [3.63, 3.8) is 0 Å². The van der Waals surface area contributed by atoms with Gasteiger partial charge in [0.2, 0.25) is 0 Å². The molecule has 0 amide bonds. The molecule has 3 N–H and O–H groups in total. The summed E-state index contributed by atoms with van der Waals surface area (Å²) in [6.07, 6.45) is 0.781. The summed E-state index contributed by atoms with van der Waals surface area (Å²) in [5.41, 5.74) is 3.25. The Morgan fingerprint density at radius 2 is 1.83 bits per heavy atom. The van der Waals surface area contributed by atoms with Gasteiger partial charge in [-0.3, -0.25) is 4.79 Å². The zero-order valence-electron chi connectivity index (χ0n) is 11.7. The summed E-state index contributed by atoms with van der Waals surface area (Å²) in [4.78, 5) is 13.3. The van der Waals surface area contributed by atoms with Crippen molar-refractivity contribution in [1.29, 1.82) is 10.5 Å². The minimum atomic E-state index is -4.03. The number of pyridine rings is 1. The van der Waals surface area contributed by atoms with E-state index in [0.717, 1.165) is 12.3 Å². The molecule has 0 saturated heterocycles. The van der Waals surface area contributed by atoms with Crippen LogP contribution in [0.1, 0.15) is 11.1 Å². The van der Waals surface area contributed by atoms with Crippen molar-refractivity contribution < 1.29 is 12.8 Å². The molecule has 7 nitrogen and oxygen atoms in total. The zero-order valence-corrected chi connectivity index (χ0v) is 12.5. The summed E-state index contributed by atoms with van der Waals surface area (Å²) >= 11 is 0. The van der Waals surface area contributed by atoms with Gasteiger partial charge in [0.05, 0.1) is 0 Å². The lowest BCUT2D eigenvalue weighted by Gasteiger charge is -2.13. The second-order valence-corrected chi connectivity index (χ2v) is 6.56. The number of halogens is 1. The minimum absolute atomic E-state index is 0.265. The van der Waals surface area contributed by atoms with Gasteiger partial charge in [0.15, 0.2) is 9.84 Å². The lowest BCUT2D eigenvalue weighted by molar-refractivity contribution is 0.572. The maximum absolute atomic E-state index is 14.0. The fourth-order valence-corrected chi connectivity index (χ4v) is 3.19. The average molecular weight is 332 g/mol. The number of sulfone groups is 1. The number of nitrogen functional groups attached to an aromatic ring is 1. The number of hydrogen-bond donors (Lipinski definition) is 2. The predicted molar refractivity (Wildman–Crippen MR) is 79.4 cm³/mol. The molecule has 0 unspecified atom stereocenters. The lowest BCUT2D eigenvalue weighted by atomic mass is 9.96. The number of hydrogen-bond acceptors (Lipinski definition) is 6. The predicted octanol–water partition coefficient (Wildman–Crippen LogP) is 0.910. The number of benzene rings is 1. The largest absolute Gasteiger partial charge is 0.384 e. The van der Waals surface area contributed by atoms with Crippen LogP contribution in [-0.2, 0) is 9.84 Å². The molecule has 2 rings (SSSR count). The molecule has 2 aromatic rings. The molecular formula is C14H9FN4O3S. The summed E-state index contributed by atoms with van der Waals surface area (Å²) in [5, 5.41) is 18.4. The first-order valence-corrected chi connectivity index (χ1v) is 7.96. The molecule has 23 heavy (non-hydrogen) atoms. The normalized spacial score (nSPS) is 10.8. The maximum atomic E-state index is 14.0. The van der Waals surface area contributed by atoms with Crippen LogP contribution in [0.3, 0.4) is 0 Å². The van der Waals surface area contributed by atoms with Crippen molar-refractivity contribution in [1.82, 2.24) is 4.98 Å². The molecule has 0 saturated carbocycles. The number of nitriles is 2. The van der Waals surface area contributed by atoms with Crippen LogP contribution < -0.4 is 11.3 Å². The molecule has 0 aliphatic carbocycles. The Morgan fingerprint density at radius 3 is 2.35 bits per heavy atom. The van der Waals surface area contributed by atoms with Gasteiger partial charge in [-0.05, 0) is 6.07 Å². The van der Waals surface area contributed by atoms with Gasteiger partial charge >= 0.3 is 0 Å². The molecule has 0 fully saturated rings.